The Balaban J connectivity index is 1.83. The minimum absolute atomic E-state index is 0.173. The lowest BCUT2D eigenvalue weighted by molar-refractivity contribution is 0.125. The molecule has 1 aliphatic heterocycles. The van der Waals surface area contributed by atoms with Crippen molar-refractivity contribution >= 4 is 0 Å². The van der Waals surface area contributed by atoms with Gasteiger partial charge in [0.1, 0.15) is 0 Å². The number of piperidine rings is 1. The van der Waals surface area contributed by atoms with Gasteiger partial charge in [0, 0.05) is 18.6 Å². The van der Waals surface area contributed by atoms with E-state index >= 15 is 0 Å². The van der Waals surface area contributed by atoms with Crippen LogP contribution in [0.15, 0.2) is 24.3 Å². The molecule has 0 saturated carbocycles. The number of rotatable bonds is 4. The van der Waals surface area contributed by atoms with Gasteiger partial charge in [-0.15, -0.1) is 0 Å². The highest BCUT2D eigenvalue weighted by atomic mass is 15.2. The first kappa shape index (κ1) is 14.5. The SMILES string of the molecule is Cc1ccc(C(N)CCN2CCC(C)CC2C)cc1. The van der Waals surface area contributed by atoms with E-state index in [1.165, 1.54) is 30.5 Å². The smallest absolute Gasteiger partial charge is 0.0307 e. The molecule has 0 aliphatic carbocycles. The molecule has 0 amide bonds. The summed E-state index contributed by atoms with van der Waals surface area (Å²) in [6, 6.07) is 9.53. The molecule has 0 aromatic heterocycles. The minimum Gasteiger partial charge on any atom is -0.324 e. The lowest BCUT2D eigenvalue weighted by Gasteiger charge is -2.37. The zero-order chi connectivity index (χ0) is 13.8. The van der Waals surface area contributed by atoms with Crippen molar-refractivity contribution in [1.29, 1.82) is 0 Å². The zero-order valence-electron chi connectivity index (χ0n) is 12.6. The van der Waals surface area contributed by atoms with E-state index in [9.17, 15) is 0 Å². The molecular weight excluding hydrogens is 232 g/mol. The van der Waals surface area contributed by atoms with Gasteiger partial charge in [-0.25, -0.2) is 0 Å². The lowest BCUT2D eigenvalue weighted by atomic mass is 9.93. The standard InChI is InChI=1S/C17H28N2/c1-13-4-6-16(7-5-13)17(18)9-11-19-10-8-14(2)12-15(19)3/h4-7,14-15,17H,8-12,18H2,1-3H3. The fourth-order valence-corrected chi connectivity index (χ4v) is 3.07. The van der Waals surface area contributed by atoms with Gasteiger partial charge in [0.15, 0.2) is 0 Å². The first-order valence-corrected chi connectivity index (χ1v) is 7.62. The van der Waals surface area contributed by atoms with Gasteiger partial charge in [-0.3, -0.25) is 0 Å². The maximum Gasteiger partial charge on any atom is 0.0307 e. The molecule has 0 spiro atoms. The average molecular weight is 260 g/mol. The predicted octanol–water partition coefficient (Wildman–Crippen LogP) is 3.51. The van der Waals surface area contributed by atoms with Gasteiger partial charge in [-0.2, -0.15) is 0 Å². The van der Waals surface area contributed by atoms with E-state index in [1.807, 2.05) is 0 Å². The summed E-state index contributed by atoms with van der Waals surface area (Å²) in [5.74, 6) is 0.886. The number of nitrogens with two attached hydrogens (primary N) is 1. The Hall–Kier alpha value is -0.860. The maximum atomic E-state index is 6.31. The second-order valence-electron chi connectivity index (χ2n) is 6.32. The van der Waals surface area contributed by atoms with Gasteiger partial charge >= 0.3 is 0 Å². The first-order valence-electron chi connectivity index (χ1n) is 7.62. The van der Waals surface area contributed by atoms with Crippen LogP contribution in [0, 0.1) is 12.8 Å². The third-order valence-corrected chi connectivity index (χ3v) is 4.51. The number of hydrogen-bond acceptors (Lipinski definition) is 2. The summed E-state index contributed by atoms with van der Waals surface area (Å²) in [7, 11) is 0. The molecule has 1 aromatic rings. The van der Waals surface area contributed by atoms with Crippen molar-refractivity contribution in [3.63, 3.8) is 0 Å². The zero-order valence-corrected chi connectivity index (χ0v) is 12.6. The van der Waals surface area contributed by atoms with Crippen LogP contribution in [-0.2, 0) is 0 Å². The topological polar surface area (TPSA) is 29.3 Å². The molecule has 1 aliphatic rings. The minimum atomic E-state index is 0.173. The monoisotopic (exact) mass is 260 g/mol. The lowest BCUT2D eigenvalue weighted by Crippen LogP contribution is -2.41. The third-order valence-electron chi connectivity index (χ3n) is 4.51. The second-order valence-corrected chi connectivity index (χ2v) is 6.32. The summed E-state index contributed by atoms with van der Waals surface area (Å²) >= 11 is 0. The Morgan fingerprint density at radius 3 is 2.58 bits per heavy atom. The van der Waals surface area contributed by atoms with Crippen molar-refractivity contribution in [3.05, 3.63) is 35.4 Å². The summed E-state index contributed by atoms with van der Waals surface area (Å²) in [6.07, 6.45) is 3.73. The Labute approximate surface area is 118 Å². The van der Waals surface area contributed by atoms with E-state index in [0.29, 0.717) is 6.04 Å². The van der Waals surface area contributed by atoms with Crippen LogP contribution in [0.4, 0.5) is 0 Å². The predicted molar refractivity (Wildman–Crippen MR) is 82.2 cm³/mol. The molecule has 2 rings (SSSR count). The fourth-order valence-electron chi connectivity index (χ4n) is 3.07. The molecule has 2 N–H and O–H groups in total. The molecule has 1 heterocycles. The van der Waals surface area contributed by atoms with Gasteiger partial charge < -0.3 is 10.6 Å². The molecule has 19 heavy (non-hydrogen) atoms. The third kappa shape index (κ3) is 4.05. The molecule has 1 fully saturated rings. The van der Waals surface area contributed by atoms with E-state index in [0.717, 1.165) is 18.9 Å². The van der Waals surface area contributed by atoms with Crippen LogP contribution < -0.4 is 5.73 Å². The Morgan fingerprint density at radius 2 is 1.95 bits per heavy atom. The molecule has 2 nitrogen and oxygen atoms in total. The molecule has 1 aromatic carbocycles. The van der Waals surface area contributed by atoms with Crippen LogP contribution >= 0.6 is 0 Å². The Morgan fingerprint density at radius 1 is 1.26 bits per heavy atom. The number of aryl methyl sites for hydroxylation is 1. The summed E-state index contributed by atoms with van der Waals surface area (Å²) < 4.78 is 0. The fraction of sp³-hybridized carbons (Fsp3) is 0.647. The maximum absolute atomic E-state index is 6.31. The van der Waals surface area contributed by atoms with Crippen LogP contribution in [0.1, 0.15) is 50.3 Å². The van der Waals surface area contributed by atoms with Gasteiger partial charge in [0.05, 0.1) is 0 Å². The quantitative estimate of drug-likeness (QED) is 0.897. The largest absolute Gasteiger partial charge is 0.324 e. The first-order chi connectivity index (χ1) is 9.06. The average Bonchev–Trinajstić information content (AvgIpc) is 2.38. The second kappa shape index (κ2) is 6.53. The van der Waals surface area contributed by atoms with Crippen molar-refractivity contribution in [3.8, 4) is 0 Å². The molecule has 0 bridgehead atoms. The molecule has 3 unspecified atom stereocenters. The summed E-state index contributed by atoms with van der Waals surface area (Å²) in [5, 5.41) is 0. The number of nitrogens with zero attached hydrogens (tertiary/aromatic N) is 1. The molecule has 3 atom stereocenters. The van der Waals surface area contributed by atoms with E-state index in [4.69, 9.17) is 5.73 Å². The van der Waals surface area contributed by atoms with Crippen LogP contribution in [0.25, 0.3) is 0 Å². The number of likely N-dealkylation sites (tertiary alicyclic amines) is 1. The van der Waals surface area contributed by atoms with Crippen molar-refractivity contribution in [2.24, 2.45) is 11.7 Å². The Kier molecular flexibility index (Phi) is 5.00. The van der Waals surface area contributed by atoms with E-state index in [-0.39, 0.29) is 6.04 Å². The molecule has 0 radical (unpaired) electrons. The van der Waals surface area contributed by atoms with Gasteiger partial charge in [0.25, 0.3) is 0 Å². The summed E-state index contributed by atoms with van der Waals surface area (Å²) in [5.41, 5.74) is 8.88. The van der Waals surface area contributed by atoms with Crippen molar-refractivity contribution in [2.45, 2.75) is 52.1 Å². The summed E-state index contributed by atoms with van der Waals surface area (Å²) in [6.45, 7) is 9.21. The molecule has 106 valence electrons. The molecule has 1 saturated heterocycles. The van der Waals surface area contributed by atoms with Crippen LogP contribution in [-0.4, -0.2) is 24.0 Å². The molecule has 2 heteroatoms. The normalized spacial score (nSPS) is 26.3. The van der Waals surface area contributed by atoms with Crippen LogP contribution in [0.5, 0.6) is 0 Å². The highest BCUT2D eigenvalue weighted by Gasteiger charge is 2.22. The summed E-state index contributed by atoms with van der Waals surface area (Å²) in [4.78, 5) is 2.61. The molecular formula is C17H28N2. The Bertz CT molecular complexity index is 385. The van der Waals surface area contributed by atoms with E-state index < -0.39 is 0 Å². The van der Waals surface area contributed by atoms with Crippen molar-refractivity contribution in [1.82, 2.24) is 4.90 Å². The highest BCUT2D eigenvalue weighted by molar-refractivity contribution is 5.23. The van der Waals surface area contributed by atoms with Crippen molar-refractivity contribution in [2.75, 3.05) is 13.1 Å². The van der Waals surface area contributed by atoms with E-state index in [2.05, 4.69) is 49.9 Å². The van der Waals surface area contributed by atoms with Gasteiger partial charge in [-0.1, -0.05) is 36.8 Å². The number of hydrogen-bond donors (Lipinski definition) is 1. The highest BCUT2D eigenvalue weighted by Crippen LogP contribution is 2.23. The van der Waals surface area contributed by atoms with Crippen LogP contribution in [0.2, 0.25) is 0 Å². The van der Waals surface area contributed by atoms with Gasteiger partial charge in [-0.05, 0) is 51.1 Å². The van der Waals surface area contributed by atoms with Crippen molar-refractivity contribution < 1.29 is 0 Å². The number of benzene rings is 1. The van der Waals surface area contributed by atoms with Gasteiger partial charge in [0.2, 0.25) is 0 Å². The van der Waals surface area contributed by atoms with Crippen LogP contribution in [0.3, 0.4) is 0 Å². The van der Waals surface area contributed by atoms with E-state index in [1.54, 1.807) is 0 Å².